The van der Waals surface area contributed by atoms with Crippen LogP contribution in [-0.2, 0) is 17.8 Å². The quantitative estimate of drug-likeness (QED) is 0.768. The Morgan fingerprint density at radius 3 is 2.52 bits per heavy atom. The maximum absolute atomic E-state index is 12.4. The van der Waals surface area contributed by atoms with Crippen molar-refractivity contribution in [1.82, 2.24) is 25.1 Å². The number of piperidine rings is 1. The van der Waals surface area contributed by atoms with Crippen LogP contribution in [0.1, 0.15) is 45.0 Å². The van der Waals surface area contributed by atoms with Crippen LogP contribution in [0.2, 0.25) is 10.0 Å². The van der Waals surface area contributed by atoms with Gasteiger partial charge in [-0.2, -0.15) is 4.80 Å². The molecular weight excluding hydrogens is 385 g/mol. The van der Waals surface area contributed by atoms with Gasteiger partial charge in [-0.25, -0.2) is 0 Å². The Balaban J connectivity index is 1.53. The molecule has 6 nitrogen and oxygen atoms in total. The highest BCUT2D eigenvalue weighted by Crippen LogP contribution is 2.25. The van der Waals surface area contributed by atoms with Crippen LogP contribution in [0.15, 0.2) is 18.2 Å². The largest absolute Gasteiger partial charge is 0.342 e. The molecule has 2 aromatic rings. The number of rotatable bonds is 4. The van der Waals surface area contributed by atoms with Crippen molar-refractivity contribution >= 4 is 29.1 Å². The first-order valence-electron chi connectivity index (χ1n) is 9.22. The molecule has 0 aliphatic carbocycles. The summed E-state index contributed by atoms with van der Waals surface area (Å²) in [7, 11) is 0. The van der Waals surface area contributed by atoms with Gasteiger partial charge in [-0.15, -0.1) is 10.2 Å². The average molecular weight is 410 g/mol. The lowest BCUT2D eigenvalue weighted by Gasteiger charge is -2.35. The molecule has 0 bridgehead atoms. The molecule has 0 unspecified atom stereocenters. The van der Waals surface area contributed by atoms with Gasteiger partial charge in [0, 0.05) is 24.9 Å². The lowest BCUT2D eigenvalue weighted by Crippen LogP contribution is -2.44. The van der Waals surface area contributed by atoms with E-state index in [0.29, 0.717) is 28.2 Å². The van der Waals surface area contributed by atoms with E-state index in [9.17, 15) is 4.79 Å². The SMILES string of the molecule is CC(C)(C)C(=O)N1CCC(Cn2nnc(Cc3ccc(Cl)c(Cl)c3)n2)CC1. The number of aromatic nitrogens is 4. The maximum Gasteiger partial charge on any atom is 0.227 e. The average Bonchev–Trinajstić information content (AvgIpc) is 3.04. The minimum Gasteiger partial charge on any atom is -0.342 e. The van der Waals surface area contributed by atoms with Crippen LogP contribution >= 0.6 is 23.2 Å². The predicted octanol–water partition coefficient (Wildman–Crippen LogP) is 3.86. The first-order chi connectivity index (χ1) is 12.7. The standard InChI is InChI=1S/C19H25Cl2N5O/c1-19(2,3)18(27)25-8-6-13(7-9-25)12-26-23-17(22-24-26)11-14-4-5-15(20)16(21)10-14/h4-5,10,13H,6-9,11-12H2,1-3H3. The monoisotopic (exact) mass is 409 g/mol. The Morgan fingerprint density at radius 1 is 1.19 bits per heavy atom. The number of carbonyl (C=O) groups is 1. The number of hydrogen-bond acceptors (Lipinski definition) is 4. The van der Waals surface area contributed by atoms with E-state index in [4.69, 9.17) is 23.2 Å². The highest BCUT2D eigenvalue weighted by molar-refractivity contribution is 6.42. The zero-order valence-electron chi connectivity index (χ0n) is 16.0. The van der Waals surface area contributed by atoms with Gasteiger partial charge in [0.25, 0.3) is 0 Å². The predicted molar refractivity (Wildman–Crippen MR) is 106 cm³/mol. The molecule has 1 amide bonds. The van der Waals surface area contributed by atoms with Gasteiger partial charge in [0.2, 0.25) is 5.91 Å². The van der Waals surface area contributed by atoms with Crippen molar-refractivity contribution in [3.8, 4) is 0 Å². The van der Waals surface area contributed by atoms with Gasteiger partial charge in [-0.05, 0) is 41.7 Å². The fourth-order valence-corrected chi connectivity index (χ4v) is 3.60. The molecule has 0 N–H and O–H groups in total. The summed E-state index contributed by atoms with van der Waals surface area (Å²) in [4.78, 5) is 16.0. The van der Waals surface area contributed by atoms with E-state index in [-0.39, 0.29) is 11.3 Å². The summed E-state index contributed by atoms with van der Waals surface area (Å²) in [6.45, 7) is 8.23. The molecule has 1 aliphatic rings. The molecule has 27 heavy (non-hydrogen) atoms. The molecule has 0 atom stereocenters. The summed E-state index contributed by atoms with van der Waals surface area (Å²) in [5.41, 5.74) is 0.678. The number of nitrogens with zero attached hydrogens (tertiary/aromatic N) is 5. The summed E-state index contributed by atoms with van der Waals surface area (Å²) < 4.78 is 0. The minimum atomic E-state index is -0.320. The lowest BCUT2D eigenvalue weighted by atomic mass is 9.91. The van der Waals surface area contributed by atoms with E-state index in [1.807, 2.05) is 37.8 Å². The molecule has 1 aromatic carbocycles. The first-order valence-corrected chi connectivity index (χ1v) is 9.98. The van der Waals surface area contributed by atoms with Crippen LogP contribution in [0.5, 0.6) is 0 Å². The molecule has 2 heterocycles. The molecule has 1 saturated heterocycles. The van der Waals surface area contributed by atoms with Crippen LogP contribution in [0, 0.1) is 11.3 Å². The Morgan fingerprint density at radius 2 is 1.89 bits per heavy atom. The third kappa shape index (κ3) is 5.20. The van der Waals surface area contributed by atoms with Crippen LogP contribution < -0.4 is 0 Å². The summed E-state index contributed by atoms with van der Waals surface area (Å²) in [6, 6.07) is 5.51. The van der Waals surface area contributed by atoms with E-state index >= 15 is 0 Å². The molecule has 146 valence electrons. The Kier molecular flexibility index (Phi) is 6.06. The van der Waals surface area contributed by atoms with Gasteiger partial charge >= 0.3 is 0 Å². The number of hydrogen-bond donors (Lipinski definition) is 0. The molecule has 1 aromatic heterocycles. The Bertz CT molecular complexity index is 807. The highest BCUT2D eigenvalue weighted by atomic mass is 35.5. The van der Waals surface area contributed by atoms with Gasteiger partial charge in [-0.3, -0.25) is 4.79 Å². The molecule has 8 heteroatoms. The normalized spacial score (nSPS) is 16.0. The summed E-state index contributed by atoms with van der Waals surface area (Å²) in [5.74, 6) is 1.35. The van der Waals surface area contributed by atoms with Gasteiger partial charge in [-0.1, -0.05) is 50.0 Å². The number of carbonyl (C=O) groups excluding carboxylic acids is 1. The van der Waals surface area contributed by atoms with Crippen LogP contribution in [0.25, 0.3) is 0 Å². The zero-order chi connectivity index (χ0) is 19.6. The topological polar surface area (TPSA) is 63.9 Å². The third-order valence-electron chi connectivity index (χ3n) is 4.81. The molecule has 1 fully saturated rings. The number of halogens is 2. The van der Waals surface area contributed by atoms with E-state index in [1.54, 1.807) is 10.9 Å². The third-order valence-corrected chi connectivity index (χ3v) is 5.54. The summed E-state index contributed by atoms with van der Waals surface area (Å²) in [6.07, 6.45) is 2.49. The van der Waals surface area contributed by atoms with Crippen molar-refractivity contribution in [2.24, 2.45) is 11.3 Å². The van der Waals surface area contributed by atoms with Gasteiger partial charge in [0.1, 0.15) is 0 Å². The second kappa shape index (κ2) is 8.15. The van der Waals surface area contributed by atoms with E-state index in [1.165, 1.54) is 0 Å². The number of likely N-dealkylation sites (tertiary alicyclic amines) is 1. The fourth-order valence-electron chi connectivity index (χ4n) is 3.28. The Labute approximate surface area is 169 Å². The number of amides is 1. The van der Waals surface area contributed by atoms with E-state index in [0.717, 1.165) is 38.0 Å². The number of benzene rings is 1. The van der Waals surface area contributed by atoms with Crippen molar-refractivity contribution in [3.05, 3.63) is 39.6 Å². The summed E-state index contributed by atoms with van der Waals surface area (Å²) >= 11 is 12.0. The molecule has 1 aliphatic heterocycles. The van der Waals surface area contributed by atoms with Crippen molar-refractivity contribution in [2.75, 3.05) is 13.1 Å². The summed E-state index contributed by atoms with van der Waals surface area (Å²) in [5, 5.41) is 13.9. The highest BCUT2D eigenvalue weighted by Gasteiger charge is 2.30. The van der Waals surface area contributed by atoms with Crippen molar-refractivity contribution < 1.29 is 4.79 Å². The molecule has 0 radical (unpaired) electrons. The van der Waals surface area contributed by atoms with Crippen LogP contribution in [0.3, 0.4) is 0 Å². The number of tetrazole rings is 1. The molecule has 3 rings (SSSR count). The second-order valence-electron chi connectivity index (χ2n) is 8.17. The van der Waals surface area contributed by atoms with E-state index in [2.05, 4.69) is 15.4 Å². The van der Waals surface area contributed by atoms with Gasteiger partial charge in [0.05, 0.1) is 16.6 Å². The maximum atomic E-state index is 12.4. The van der Waals surface area contributed by atoms with Gasteiger partial charge < -0.3 is 4.90 Å². The van der Waals surface area contributed by atoms with E-state index < -0.39 is 0 Å². The fraction of sp³-hybridized carbons (Fsp3) is 0.579. The lowest BCUT2D eigenvalue weighted by molar-refractivity contribution is -0.141. The molecular formula is C19H25Cl2N5O. The molecule has 0 spiro atoms. The smallest absolute Gasteiger partial charge is 0.227 e. The molecule has 0 saturated carbocycles. The van der Waals surface area contributed by atoms with Crippen LogP contribution in [-0.4, -0.2) is 44.1 Å². The van der Waals surface area contributed by atoms with Crippen LogP contribution in [0.4, 0.5) is 0 Å². The second-order valence-corrected chi connectivity index (χ2v) is 8.99. The van der Waals surface area contributed by atoms with Crippen molar-refractivity contribution in [1.29, 1.82) is 0 Å². The van der Waals surface area contributed by atoms with Crippen molar-refractivity contribution in [2.45, 2.75) is 46.6 Å². The first kappa shape index (κ1) is 20.1. The minimum absolute atomic E-state index is 0.226. The Hall–Kier alpha value is -1.66. The van der Waals surface area contributed by atoms with Crippen molar-refractivity contribution in [3.63, 3.8) is 0 Å². The van der Waals surface area contributed by atoms with Gasteiger partial charge in [0.15, 0.2) is 5.82 Å². The zero-order valence-corrected chi connectivity index (χ0v) is 17.5.